The predicted octanol–water partition coefficient (Wildman–Crippen LogP) is 7.44. The van der Waals surface area contributed by atoms with Gasteiger partial charge in [-0.15, -0.1) is 0 Å². The third-order valence-electron chi connectivity index (χ3n) is 8.01. The van der Waals surface area contributed by atoms with Crippen LogP contribution in [0.3, 0.4) is 0 Å². The Balaban J connectivity index is 1.11. The summed E-state index contributed by atoms with van der Waals surface area (Å²) in [7, 11) is 0. The van der Waals surface area contributed by atoms with Gasteiger partial charge in [-0.2, -0.15) is 26.3 Å². The average Bonchev–Trinajstić information content (AvgIpc) is 3.34. The highest BCUT2D eigenvalue weighted by atomic mass is 19.4. The van der Waals surface area contributed by atoms with Crippen molar-refractivity contribution >= 4 is 23.2 Å². The molecule has 4 aromatic rings. The number of anilines is 2. The molecule has 1 saturated heterocycles. The van der Waals surface area contributed by atoms with Gasteiger partial charge in [-0.25, -0.2) is 0 Å². The Kier molecular flexibility index (Phi) is 7.35. The number of fused-ring (bicyclic) bond motifs is 3. The van der Waals surface area contributed by atoms with Crippen LogP contribution in [-0.2, 0) is 17.1 Å². The van der Waals surface area contributed by atoms with Gasteiger partial charge in [0.05, 0.1) is 17.0 Å². The topological polar surface area (TPSA) is 52.7 Å². The normalized spacial score (nSPS) is 15.1. The maximum Gasteiger partial charge on any atom is 0.416 e. The van der Waals surface area contributed by atoms with Crippen LogP contribution in [0.25, 0.3) is 11.1 Å². The zero-order chi connectivity index (χ0) is 31.2. The SMILES string of the molecule is O=C(Nc1ccc(N2CCN(C(=O)C3c4ccccc4-c4ccccc43)CC2)cc1)c1cc(C(F)(F)F)cc(C(F)(F)F)c1. The molecule has 2 amide bonds. The van der Waals surface area contributed by atoms with E-state index < -0.39 is 35.0 Å². The van der Waals surface area contributed by atoms with Crippen LogP contribution >= 0.6 is 0 Å². The van der Waals surface area contributed by atoms with Gasteiger partial charge in [-0.3, -0.25) is 9.59 Å². The molecule has 2 aliphatic rings. The van der Waals surface area contributed by atoms with Crippen LogP contribution in [0.15, 0.2) is 91.0 Å². The maximum absolute atomic E-state index is 13.7. The van der Waals surface area contributed by atoms with Crippen molar-refractivity contribution in [2.75, 3.05) is 36.4 Å². The number of benzene rings is 4. The molecule has 1 aliphatic carbocycles. The second kappa shape index (κ2) is 11.0. The van der Waals surface area contributed by atoms with Crippen molar-refractivity contribution in [3.63, 3.8) is 0 Å². The molecule has 0 spiro atoms. The molecule has 0 bridgehead atoms. The van der Waals surface area contributed by atoms with Crippen molar-refractivity contribution in [1.82, 2.24) is 4.90 Å². The Hall–Kier alpha value is -4.80. The Morgan fingerprint density at radius 3 is 1.66 bits per heavy atom. The van der Waals surface area contributed by atoms with E-state index in [4.69, 9.17) is 0 Å². The Bertz CT molecular complexity index is 1650. The number of carbonyl (C=O) groups excluding carboxylic acids is 2. The van der Waals surface area contributed by atoms with Gasteiger partial charge in [0.2, 0.25) is 5.91 Å². The Labute approximate surface area is 248 Å². The third-order valence-corrected chi connectivity index (χ3v) is 8.01. The van der Waals surface area contributed by atoms with Gasteiger partial charge in [0.15, 0.2) is 0 Å². The Morgan fingerprint density at radius 2 is 1.16 bits per heavy atom. The predicted molar refractivity (Wildman–Crippen MR) is 153 cm³/mol. The zero-order valence-electron chi connectivity index (χ0n) is 23.0. The molecule has 6 rings (SSSR count). The quantitative estimate of drug-likeness (QED) is 0.245. The molecule has 226 valence electrons. The molecule has 0 radical (unpaired) electrons. The summed E-state index contributed by atoms with van der Waals surface area (Å²) in [5.41, 5.74) is 1.25. The van der Waals surface area contributed by atoms with Crippen LogP contribution in [0.5, 0.6) is 0 Å². The standard InChI is InChI=1S/C33H25F6N3O2/c34-32(35,36)21-17-20(18-22(19-21)33(37,38)39)30(43)40-23-9-11-24(12-10-23)41-13-15-42(16-14-41)31(44)29-27-7-3-1-5-25(27)26-6-2-4-8-28(26)29/h1-12,17-19,29H,13-16H2,(H,40,43). The molecule has 0 atom stereocenters. The minimum Gasteiger partial charge on any atom is -0.368 e. The van der Waals surface area contributed by atoms with E-state index in [1.165, 1.54) is 12.1 Å². The lowest BCUT2D eigenvalue weighted by atomic mass is 9.95. The Morgan fingerprint density at radius 1 is 0.659 bits per heavy atom. The minimum atomic E-state index is -5.06. The summed E-state index contributed by atoms with van der Waals surface area (Å²) in [6.45, 7) is 2.10. The van der Waals surface area contributed by atoms with Crippen molar-refractivity contribution in [3.8, 4) is 11.1 Å². The van der Waals surface area contributed by atoms with Crippen molar-refractivity contribution < 1.29 is 35.9 Å². The highest BCUT2D eigenvalue weighted by molar-refractivity contribution is 6.04. The highest BCUT2D eigenvalue weighted by Gasteiger charge is 2.38. The van der Waals surface area contributed by atoms with E-state index in [0.29, 0.717) is 38.3 Å². The first-order valence-corrected chi connectivity index (χ1v) is 13.8. The molecule has 1 N–H and O–H groups in total. The molecule has 1 aliphatic heterocycles. The fraction of sp³-hybridized carbons (Fsp3) is 0.212. The van der Waals surface area contributed by atoms with Crippen LogP contribution in [0.4, 0.5) is 37.7 Å². The summed E-state index contributed by atoms with van der Waals surface area (Å²) < 4.78 is 79.1. The summed E-state index contributed by atoms with van der Waals surface area (Å²) in [5, 5.41) is 2.37. The second-order valence-corrected chi connectivity index (χ2v) is 10.7. The van der Waals surface area contributed by atoms with E-state index in [2.05, 4.69) is 10.2 Å². The molecular weight excluding hydrogens is 584 g/mol. The number of nitrogens with zero attached hydrogens (tertiary/aromatic N) is 2. The molecule has 1 fully saturated rings. The highest BCUT2D eigenvalue weighted by Crippen LogP contribution is 2.45. The lowest BCUT2D eigenvalue weighted by Gasteiger charge is -2.37. The first-order chi connectivity index (χ1) is 20.9. The van der Waals surface area contributed by atoms with Crippen LogP contribution < -0.4 is 10.2 Å². The summed E-state index contributed by atoms with van der Waals surface area (Å²) in [4.78, 5) is 30.3. The number of carbonyl (C=O) groups is 2. The minimum absolute atomic E-state index is 0.0234. The van der Waals surface area contributed by atoms with Crippen molar-refractivity contribution in [2.45, 2.75) is 18.3 Å². The monoisotopic (exact) mass is 609 g/mol. The van der Waals surface area contributed by atoms with Crippen molar-refractivity contribution in [2.24, 2.45) is 0 Å². The number of alkyl halides is 6. The van der Waals surface area contributed by atoms with Gasteiger partial charge in [0.25, 0.3) is 5.91 Å². The smallest absolute Gasteiger partial charge is 0.368 e. The fourth-order valence-corrected chi connectivity index (χ4v) is 5.83. The van der Waals surface area contributed by atoms with Crippen molar-refractivity contribution in [1.29, 1.82) is 0 Å². The molecule has 0 saturated carbocycles. The summed E-state index contributed by atoms with van der Waals surface area (Å²) in [6.07, 6.45) is -10.1. The second-order valence-electron chi connectivity index (χ2n) is 10.7. The van der Waals surface area contributed by atoms with E-state index in [0.717, 1.165) is 27.9 Å². The first kappa shape index (κ1) is 29.3. The molecular formula is C33H25F6N3O2. The van der Waals surface area contributed by atoms with Gasteiger partial charge in [-0.05, 0) is 64.7 Å². The van der Waals surface area contributed by atoms with Crippen LogP contribution in [0.1, 0.15) is 38.5 Å². The van der Waals surface area contributed by atoms with E-state index >= 15 is 0 Å². The summed E-state index contributed by atoms with van der Waals surface area (Å²) >= 11 is 0. The van der Waals surface area contributed by atoms with Gasteiger partial charge >= 0.3 is 12.4 Å². The van der Waals surface area contributed by atoms with E-state index in [1.807, 2.05) is 53.4 Å². The van der Waals surface area contributed by atoms with Crippen LogP contribution in [-0.4, -0.2) is 42.9 Å². The van der Waals surface area contributed by atoms with Crippen LogP contribution in [0.2, 0.25) is 0 Å². The molecule has 5 nitrogen and oxygen atoms in total. The van der Waals surface area contributed by atoms with Gasteiger partial charge in [-0.1, -0.05) is 48.5 Å². The van der Waals surface area contributed by atoms with Gasteiger partial charge in [0, 0.05) is 43.1 Å². The molecule has 11 heteroatoms. The third kappa shape index (κ3) is 5.61. The number of halogens is 6. The number of hydrogen-bond acceptors (Lipinski definition) is 3. The molecule has 4 aromatic carbocycles. The lowest BCUT2D eigenvalue weighted by Crippen LogP contribution is -2.50. The van der Waals surface area contributed by atoms with Gasteiger partial charge < -0.3 is 15.1 Å². The summed E-state index contributed by atoms with van der Waals surface area (Å²) in [5.74, 6) is -1.42. The van der Waals surface area contributed by atoms with E-state index in [-0.39, 0.29) is 23.6 Å². The molecule has 1 heterocycles. The first-order valence-electron chi connectivity index (χ1n) is 13.8. The van der Waals surface area contributed by atoms with Crippen molar-refractivity contribution in [3.05, 3.63) is 119 Å². The zero-order valence-corrected chi connectivity index (χ0v) is 23.0. The molecule has 44 heavy (non-hydrogen) atoms. The summed E-state index contributed by atoms with van der Waals surface area (Å²) in [6, 6.07) is 23.1. The number of piperazine rings is 1. The lowest BCUT2D eigenvalue weighted by molar-refractivity contribution is -0.143. The largest absolute Gasteiger partial charge is 0.416 e. The molecule has 0 unspecified atom stereocenters. The maximum atomic E-state index is 13.7. The van der Waals surface area contributed by atoms with E-state index in [1.54, 1.807) is 12.1 Å². The van der Waals surface area contributed by atoms with Crippen LogP contribution in [0, 0.1) is 0 Å². The number of nitrogens with one attached hydrogen (secondary N) is 1. The number of hydrogen-bond donors (Lipinski definition) is 1. The van der Waals surface area contributed by atoms with Gasteiger partial charge in [0.1, 0.15) is 0 Å². The fourth-order valence-electron chi connectivity index (χ4n) is 5.83. The number of amides is 2. The average molecular weight is 610 g/mol. The number of rotatable bonds is 4. The van der Waals surface area contributed by atoms with E-state index in [9.17, 15) is 35.9 Å². The molecule has 0 aromatic heterocycles.